The van der Waals surface area contributed by atoms with E-state index in [1.807, 2.05) is 36.6 Å². The highest BCUT2D eigenvalue weighted by Crippen LogP contribution is 2.03. The number of nitrogens with one attached hydrogen (secondary N) is 2. The second kappa shape index (κ2) is 8.42. The zero-order valence-electron chi connectivity index (χ0n) is 10.8. The number of carboxylic acid groups (broad SMARTS) is 1. The standard InChI is InChI=1S/C13H18N2O3S/c1-19-8-7-14-13(18)15-11(12(16)17)9-10-5-3-2-4-6-10/h2-6,11H,7-9H2,1H3,(H,16,17)(H2,14,15,18). The van der Waals surface area contributed by atoms with E-state index in [1.54, 1.807) is 11.8 Å². The van der Waals surface area contributed by atoms with Gasteiger partial charge in [-0.2, -0.15) is 11.8 Å². The molecule has 2 amide bonds. The number of hydrogen-bond donors (Lipinski definition) is 3. The van der Waals surface area contributed by atoms with E-state index in [9.17, 15) is 9.59 Å². The van der Waals surface area contributed by atoms with Gasteiger partial charge in [0.05, 0.1) is 0 Å². The fourth-order valence-corrected chi connectivity index (χ4v) is 1.83. The van der Waals surface area contributed by atoms with Crippen molar-refractivity contribution in [2.45, 2.75) is 12.5 Å². The largest absolute Gasteiger partial charge is 0.480 e. The van der Waals surface area contributed by atoms with Gasteiger partial charge in [0.2, 0.25) is 0 Å². The van der Waals surface area contributed by atoms with Gasteiger partial charge in [0.25, 0.3) is 0 Å². The van der Waals surface area contributed by atoms with Gasteiger partial charge in [-0.1, -0.05) is 30.3 Å². The molecule has 3 N–H and O–H groups in total. The SMILES string of the molecule is CSCCNC(=O)NC(Cc1ccccc1)C(=O)O. The van der Waals surface area contributed by atoms with Gasteiger partial charge in [-0.15, -0.1) is 0 Å². The molecule has 0 fully saturated rings. The topological polar surface area (TPSA) is 78.4 Å². The van der Waals surface area contributed by atoms with E-state index in [0.29, 0.717) is 6.54 Å². The van der Waals surface area contributed by atoms with Crippen molar-refractivity contribution in [3.05, 3.63) is 35.9 Å². The van der Waals surface area contributed by atoms with E-state index >= 15 is 0 Å². The lowest BCUT2D eigenvalue weighted by Crippen LogP contribution is -2.47. The smallest absolute Gasteiger partial charge is 0.326 e. The van der Waals surface area contributed by atoms with Crippen LogP contribution in [0.15, 0.2) is 30.3 Å². The number of carboxylic acids is 1. The Labute approximate surface area is 116 Å². The number of benzene rings is 1. The van der Waals surface area contributed by atoms with E-state index in [4.69, 9.17) is 5.11 Å². The third kappa shape index (κ3) is 6.15. The summed E-state index contributed by atoms with van der Waals surface area (Å²) in [6.07, 6.45) is 2.21. The number of aliphatic carboxylic acids is 1. The molecular weight excluding hydrogens is 264 g/mol. The van der Waals surface area contributed by atoms with E-state index in [-0.39, 0.29) is 6.42 Å². The van der Waals surface area contributed by atoms with Crippen molar-refractivity contribution in [2.75, 3.05) is 18.6 Å². The van der Waals surface area contributed by atoms with Crippen LogP contribution in [0.4, 0.5) is 4.79 Å². The van der Waals surface area contributed by atoms with Crippen LogP contribution in [0, 0.1) is 0 Å². The summed E-state index contributed by atoms with van der Waals surface area (Å²) in [6, 6.07) is 7.85. The minimum absolute atomic E-state index is 0.270. The number of carbonyl (C=O) groups excluding carboxylic acids is 1. The van der Waals surface area contributed by atoms with Crippen LogP contribution in [0.1, 0.15) is 5.56 Å². The van der Waals surface area contributed by atoms with Crippen LogP contribution < -0.4 is 10.6 Å². The molecule has 0 bridgehead atoms. The third-order valence-electron chi connectivity index (χ3n) is 2.48. The fraction of sp³-hybridized carbons (Fsp3) is 0.385. The van der Waals surface area contributed by atoms with Crippen LogP contribution >= 0.6 is 11.8 Å². The summed E-state index contributed by atoms with van der Waals surface area (Å²) in [5, 5.41) is 14.2. The molecule has 0 aromatic heterocycles. The normalized spacial score (nSPS) is 11.6. The molecule has 0 aliphatic carbocycles. The lowest BCUT2D eigenvalue weighted by molar-refractivity contribution is -0.139. The highest BCUT2D eigenvalue weighted by molar-refractivity contribution is 7.98. The molecule has 0 aliphatic heterocycles. The summed E-state index contributed by atoms with van der Waals surface area (Å²) in [5.41, 5.74) is 0.874. The molecule has 1 atom stereocenters. The molecule has 0 aliphatic rings. The molecule has 0 saturated carbocycles. The predicted molar refractivity (Wildman–Crippen MR) is 76.5 cm³/mol. The molecule has 0 saturated heterocycles. The van der Waals surface area contributed by atoms with Gasteiger partial charge in [0, 0.05) is 18.7 Å². The summed E-state index contributed by atoms with van der Waals surface area (Å²) in [6.45, 7) is 0.519. The van der Waals surface area contributed by atoms with Crippen LogP contribution in [0.2, 0.25) is 0 Å². The Morgan fingerprint density at radius 3 is 2.58 bits per heavy atom. The molecule has 6 heteroatoms. The van der Waals surface area contributed by atoms with E-state index < -0.39 is 18.0 Å². The molecule has 5 nitrogen and oxygen atoms in total. The fourth-order valence-electron chi connectivity index (χ4n) is 1.53. The number of rotatable bonds is 7. The van der Waals surface area contributed by atoms with Gasteiger partial charge in [0.1, 0.15) is 6.04 Å². The quantitative estimate of drug-likeness (QED) is 0.660. The maximum atomic E-state index is 11.5. The average Bonchev–Trinajstić information content (AvgIpc) is 2.39. The summed E-state index contributed by atoms with van der Waals surface area (Å²) in [7, 11) is 0. The minimum Gasteiger partial charge on any atom is -0.480 e. The Bertz CT molecular complexity index is 412. The lowest BCUT2D eigenvalue weighted by Gasteiger charge is -2.15. The van der Waals surface area contributed by atoms with Crippen LogP contribution in [0.3, 0.4) is 0 Å². The van der Waals surface area contributed by atoms with Gasteiger partial charge < -0.3 is 15.7 Å². The first-order chi connectivity index (χ1) is 9.13. The number of amides is 2. The van der Waals surface area contributed by atoms with Gasteiger partial charge >= 0.3 is 12.0 Å². The van der Waals surface area contributed by atoms with Gasteiger partial charge in [0.15, 0.2) is 0 Å². The summed E-state index contributed by atoms with van der Waals surface area (Å²) >= 11 is 1.61. The summed E-state index contributed by atoms with van der Waals surface area (Å²) in [5.74, 6) is -0.243. The molecule has 1 aromatic carbocycles. The second-order valence-electron chi connectivity index (χ2n) is 3.97. The van der Waals surface area contributed by atoms with Crippen molar-refractivity contribution in [2.24, 2.45) is 0 Å². The van der Waals surface area contributed by atoms with Crippen LogP contribution in [-0.2, 0) is 11.2 Å². The van der Waals surface area contributed by atoms with Gasteiger partial charge in [-0.3, -0.25) is 0 Å². The van der Waals surface area contributed by atoms with Crippen LogP contribution in [0.25, 0.3) is 0 Å². The van der Waals surface area contributed by atoms with E-state index in [1.165, 1.54) is 0 Å². The highest BCUT2D eigenvalue weighted by atomic mass is 32.2. The number of urea groups is 1. The Kier molecular flexibility index (Phi) is 6.81. The van der Waals surface area contributed by atoms with Crippen molar-refractivity contribution < 1.29 is 14.7 Å². The van der Waals surface area contributed by atoms with Gasteiger partial charge in [-0.05, 0) is 11.8 Å². The molecule has 19 heavy (non-hydrogen) atoms. The molecule has 1 aromatic rings. The first-order valence-corrected chi connectivity index (χ1v) is 7.33. The van der Waals surface area contributed by atoms with Gasteiger partial charge in [-0.25, -0.2) is 9.59 Å². The maximum absolute atomic E-state index is 11.5. The van der Waals surface area contributed by atoms with Crippen molar-refractivity contribution in [3.8, 4) is 0 Å². The average molecular weight is 282 g/mol. The van der Waals surface area contributed by atoms with Crippen molar-refractivity contribution in [3.63, 3.8) is 0 Å². The first kappa shape index (κ1) is 15.4. The van der Waals surface area contributed by atoms with Crippen molar-refractivity contribution in [1.82, 2.24) is 10.6 Å². The van der Waals surface area contributed by atoms with E-state index in [0.717, 1.165) is 11.3 Å². The van der Waals surface area contributed by atoms with Crippen molar-refractivity contribution >= 4 is 23.8 Å². The van der Waals surface area contributed by atoms with Crippen LogP contribution in [-0.4, -0.2) is 41.7 Å². The Morgan fingerprint density at radius 2 is 2.00 bits per heavy atom. The Hall–Kier alpha value is -1.69. The third-order valence-corrected chi connectivity index (χ3v) is 3.09. The molecule has 0 spiro atoms. The van der Waals surface area contributed by atoms with E-state index in [2.05, 4.69) is 10.6 Å². The highest BCUT2D eigenvalue weighted by Gasteiger charge is 2.19. The summed E-state index contributed by atoms with van der Waals surface area (Å²) < 4.78 is 0. The lowest BCUT2D eigenvalue weighted by atomic mass is 10.1. The van der Waals surface area contributed by atoms with Crippen molar-refractivity contribution in [1.29, 1.82) is 0 Å². The molecule has 0 radical (unpaired) electrons. The Balaban J connectivity index is 2.49. The zero-order chi connectivity index (χ0) is 14.1. The molecule has 104 valence electrons. The maximum Gasteiger partial charge on any atom is 0.326 e. The molecule has 1 unspecified atom stereocenters. The Morgan fingerprint density at radius 1 is 1.32 bits per heavy atom. The van der Waals surface area contributed by atoms with Crippen LogP contribution in [0.5, 0.6) is 0 Å². The predicted octanol–water partition coefficient (Wildman–Crippen LogP) is 1.34. The summed E-state index contributed by atoms with van der Waals surface area (Å²) in [4.78, 5) is 22.7. The zero-order valence-corrected chi connectivity index (χ0v) is 11.6. The first-order valence-electron chi connectivity index (χ1n) is 5.93. The number of thioether (sulfide) groups is 1. The molecule has 0 heterocycles. The molecular formula is C13H18N2O3S. The number of carbonyl (C=O) groups is 2. The monoisotopic (exact) mass is 282 g/mol. The molecule has 1 rings (SSSR count). The second-order valence-corrected chi connectivity index (χ2v) is 4.96. The number of hydrogen-bond acceptors (Lipinski definition) is 3. The minimum atomic E-state index is -1.04.